The van der Waals surface area contributed by atoms with Crippen molar-refractivity contribution < 1.29 is 17.7 Å². The molecule has 3 unspecified atom stereocenters. The summed E-state index contributed by atoms with van der Waals surface area (Å²) in [5, 5.41) is 0. The lowest BCUT2D eigenvalue weighted by Gasteiger charge is -2.45. The first kappa shape index (κ1) is 32.8. The molecule has 0 saturated carbocycles. The molecular formula is C26H60N2O4Si4. The zero-order valence-corrected chi connectivity index (χ0v) is 29.7. The zero-order valence-electron chi connectivity index (χ0n) is 25.7. The van der Waals surface area contributed by atoms with E-state index in [-0.39, 0.29) is 0 Å². The van der Waals surface area contributed by atoms with Crippen LogP contribution in [-0.4, -0.2) is 107 Å². The second-order valence-electron chi connectivity index (χ2n) is 14.2. The summed E-state index contributed by atoms with van der Waals surface area (Å²) >= 11 is 0. The van der Waals surface area contributed by atoms with Crippen molar-refractivity contribution in [2.75, 3.05) is 52.0 Å². The van der Waals surface area contributed by atoms with E-state index < -0.39 is 33.3 Å². The summed E-state index contributed by atoms with van der Waals surface area (Å²) < 4.78 is 25.0. The van der Waals surface area contributed by atoms with Gasteiger partial charge in [-0.2, -0.15) is 0 Å². The molecule has 0 amide bonds. The van der Waals surface area contributed by atoms with Gasteiger partial charge in [0, 0.05) is 52.0 Å². The van der Waals surface area contributed by atoms with Gasteiger partial charge < -0.3 is 27.5 Å². The number of rotatable bonds is 14. The molecule has 2 aliphatic rings. The molecule has 2 aliphatic heterocycles. The Morgan fingerprint density at radius 3 is 1.83 bits per heavy atom. The summed E-state index contributed by atoms with van der Waals surface area (Å²) in [6, 6.07) is 0. The maximum absolute atomic E-state index is 6.69. The van der Waals surface area contributed by atoms with Crippen LogP contribution in [0.25, 0.3) is 0 Å². The SMILES string of the molecule is CO[Si](C)(C)CN1CC(CCCCCCC(C)C2CN(C[Si](C)(C)OC)C[Si](C)(C)O2)O[Si](C)(C)C1. The minimum atomic E-state index is -1.63. The van der Waals surface area contributed by atoms with Crippen LogP contribution in [0.3, 0.4) is 0 Å². The summed E-state index contributed by atoms with van der Waals surface area (Å²) in [4.78, 5) is 5.33. The van der Waals surface area contributed by atoms with Gasteiger partial charge >= 0.3 is 0 Å². The van der Waals surface area contributed by atoms with Crippen molar-refractivity contribution in [1.82, 2.24) is 9.80 Å². The lowest BCUT2D eigenvalue weighted by molar-refractivity contribution is 0.0577. The van der Waals surface area contributed by atoms with Crippen molar-refractivity contribution in [3.05, 3.63) is 0 Å². The van der Waals surface area contributed by atoms with Crippen LogP contribution in [0.1, 0.15) is 45.4 Å². The van der Waals surface area contributed by atoms with Crippen LogP contribution in [-0.2, 0) is 17.7 Å². The molecule has 10 heteroatoms. The van der Waals surface area contributed by atoms with Gasteiger partial charge in [-0.15, -0.1) is 0 Å². The second kappa shape index (κ2) is 13.8. The van der Waals surface area contributed by atoms with Crippen LogP contribution in [0.4, 0.5) is 0 Å². The van der Waals surface area contributed by atoms with Gasteiger partial charge in [0.25, 0.3) is 0 Å². The molecule has 2 heterocycles. The van der Waals surface area contributed by atoms with E-state index >= 15 is 0 Å². The Kier molecular flexibility index (Phi) is 12.6. The highest BCUT2D eigenvalue weighted by Gasteiger charge is 2.40. The van der Waals surface area contributed by atoms with E-state index in [1.807, 2.05) is 14.2 Å². The van der Waals surface area contributed by atoms with E-state index in [1.165, 1.54) is 38.5 Å². The molecule has 2 fully saturated rings. The molecule has 2 saturated heterocycles. The first-order valence-electron chi connectivity index (χ1n) is 14.5. The predicted octanol–water partition coefficient (Wildman–Crippen LogP) is 5.63. The van der Waals surface area contributed by atoms with E-state index in [4.69, 9.17) is 17.7 Å². The Balaban J connectivity index is 1.71. The first-order chi connectivity index (χ1) is 16.6. The van der Waals surface area contributed by atoms with Crippen molar-refractivity contribution in [2.24, 2.45) is 5.92 Å². The van der Waals surface area contributed by atoms with Crippen LogP contribution < -0.4 is 0 Å². The molecule has 0 aromatic carbocycles. The van der Waals surface area contributed by atoms with Gasteiger partial charge in [-0.25, -0.2) is 0 Å². The lowest BCUT2D eigenvalue weighted by atomic mass is 9.96. The fourth-order valence-corrected chi connectivity index (χ4v) is 14.4. The van der Waals surface area contributed by atoms with Crippen molar-refractivity contribution in [3.63, 3.8) is 0 Å². The fourth-order valence-electron chi connectivity index (χ4n) is 6.03. The molecule has 6 nitrogen and oxygen atoms in total. The number of unbranched alkanes of at least 4 members (excludes halogenated alkanes) is 3. The molecule has 3 atom stereocenters. The number of nitrogens with zero attached hydrogens (tertiary/aromatic N) is 2. The molecular weight excluding hydrogens is 517 g/mol. The van der Waals surface area contributed by atoms with E-state index in [0.29, 0.717) is 18.1 Å². The molecule has 2 rings (SSSR count). The molecule has 0 radical (unpaired) electrons. The molecule has 0 aliphatic carbocycles. The van der Waals surface area contributed by atoms with Gasteiger partial charge in [0.15, 0.2) is 16.6 Å². The van der Waals surface area contributed by atoms with E-state index in [2.05, 4.69) is 69.1 Å². The van der Waals surface area contributed by atoms with Crippen LogP contribution in [0.2, 0.25) is 52.4 Å². The molecule has 36 heavy (non-hydrogen) atoms. The average molecular weight is 577 g/mol. The molecule has 0 aromatic rings. The van der Waals surface area contributed by atoms with E-state index in [1.54, 1.807) is 0 Å². The molecule has 0 aromatic heterocycles. The fraction of sp³-hybridized carbons (Fsp3) is 1.00. The standard InChI is InChI=1S/C26H60N2O4Si4/c1-24(26-19-28(21-34(6,7)30-3)23-36(10,11)32-26)16-14-12-13-15-17-25-18-27(20-33(4,5)29-2)22-35(8,9)31-25/h24-26H,12-23H2,1-11H3. The Morgan fingerprint density at radius 1 is 0.778 bits per heavy atom. The van der Waals surface area contributed by atoms with Gasteiger partial charge in [0.2, 0.25) is 16.6 Å². The summed E-state index contributed by atoms with van der Waals surface area (Å²) in [7, 11) is -2.64. The summed E-state index contributed by atoms with van der Waals surface area (Å²) in [5.74, 6) is 0.627. The molecule has 214 valence electrons. The predicted molar refractivity (Wildman–Crippen MR) is 163 cm³/mol. The second-order valence-corrected chi connectivity index (χ2v) is 30.8. The van der Waals surface area contributed by atoms with Crippen LogP contribution in [0.5, 0.6) is 0 Å². The highest BCUT2D eigenvalue weighted by Crippen LogP contribution is 2.27. The largest absolute Gasteiger partial charge is 0.419 e. The topological polar surface area (TPSA) is 43.4 Å². The molecule has 0 spiro atoms. The highest BCUT2D eigenvalue weighted by atomic mass is 28.4. The highest BCUT2D eigenvalue weighted by molar-refractivity contribution is 6.73. The van der Waals surface area contributed by atoms with Crippen LogP contribution >= 0.6 is 0 Å². The van der Waals surface area contributed by atoms with Gasteiger partial charge in [-0.3, -0.25) is 0 Å². The Morgan fingerprint density at radius 2 is 1.28 bits per heavy atom. The van der Waals surface area contributed by atoms with Gasteiger partial charge in [0.05, 0.1) is 12.2 Å². The normalized spacial score (nSPS) is 26.8. The van der Waals surface area contributed by atoms with Crippen molar-refractivity contribution in [3.8, 4) is 0 Å². The Labute approximate surface area is 228 Å². The molecule has 0 N–H and O–H groups in total. The lowest BCUT2D eigenvalue weighted by Crippen LogP contribution is -2.60. The quantitative estimate of drug-likeness (QED) is 0.197. The maximum atomic E-state index is 6.69. The van der Waals surface area contributed by atoms with Crippen molar-refractivity contribution in [2.45, 2.75) is 110 Å². The maximum Gasteiger partial charge on any atom is 0.200 e. The third kappa shape index (κ3) is 11.8. The monoisotopic (exact) mass is 576 g/mol. The van der Waals surface area contributed by atoms with Crippen LogP contribution in [0, 0.1) is 5.92 Å². The Hall–Kier alpha value is 0.628. The summed E-state index contributed by atoms with van der Waals surface area (Å²) in [5.41, 5.74) is 0. The summed E-state index contributed by atoms with van der Waals surface area (Å²) in [6.07, 6.45) is 13.1. The molecule has 0 bridgehead atoms. The van der Waals surface area contributed by atoms with Crippen molar-refractivity contribution in [1.29, 1.82) is 0 Å². The number of hydrogen-bond acceptors (Lipinski definition) is 6. The smallest absolute Gasteiger partial charge is 0.200 e. The minimum absolute atomic E-state index is 0.385. The van der Waals surface area contributed by atoms with E-state index in [0.717, 1.165) is 37.8 Å². The average Bonchev–Trinajstić information content (AvgIpc) is 2.73. The first-order valence-corrected chi connectivity index (χ1v) is 26.9. The van der Waals surface area contributed by atoms with Gasteiger partial charge in [0.1, 0.15) is 0 Å². The Bertz CT molecular complexity index is 666. The van der Waals surface area contributed by atoms with Crippen molar-refractivity contribution >= 4 is 33.3 Å². The minimum Gasteiger partial charge on any atom is -0.419 e. The van der Waals surface area contributed by atoms with E-state index in [9.17, 15) is 0 Å². The number of hydrogen-bond donors (Lipinski definition) is 0. The third-order valence-electron chi connectivity index (χ3n) is 7.95. The van der Waals surface area contributed by atoms with Gasteiger partial charge in [-0.05, 0) is 71.1 Å². The van der Waals surface area contributed by atoms with Gasteiger partial charge in [-0.1, -0.05) is 32.6 Å². The van der Waals surface area contributed by atoms with Crippen LogP contribution in [0.15, 0.2) is 0 Å². The zero-order chi connectivity index (χ0) is 27.2. The summed E-state index contributed by atoms with van der Waals surface area (Å²) in [6.45, 7) is 23.4. The third-order valence-corrected chi connectivity index (χ3v) is 16.9.